The molecule has 2 heterocycles. The van der Waals surface area contributed by atoms with E-state index in [2.05, 4.69) is 37.8 Å². The smallest absolute Gasteiger partial charge is 0.207 e. The molecule has 2 rings (SSSR count). The second kappa shape index (κ2) is 3.85. The number of pyridine rings is 1. The second-order valence-electron chi connectivity index (χ2n) is 2.22. The molecule has 0 aliphatic heterocycles. The Bertz CT molecular complexity index is 414. The first-order valence-electron chi connectivity index (χ1n) is 3.36. The van der Waals surface area contributed by atoms with E-state index in [1.165, 1.54) is 11.3 Å². The molecule has 0 fully saturated rings. The van der Waals surface area contributed by atoms with Crippen molar-refractivity contribution in [2.75, 3.05) is 0 Å². The number of aromatic nitrogens is 3. The van der Waals surface area contributed by atoms with Gasteiger partial charge in [-0.05, 0) is 46.3 Å². The first-order chi connectivity index (χ1) is 6.25. The lowest BCUT2D eigenvalue weighted by Crippen LogP contribution is -1.82. The summed E-state index contributed by atoms with van der Waals surface area (Å²) in [5.41, 5.74) is 0.810. The molecule has 0 unspecified atom stereocenters. The quantitative estimate of drug-likeness (QED) is 0.758. The van der Waals surface area contributed by atoms with E-state index in [4.69, 9.17) is 11.6 Å². The van der Waals surface area contributed by atoms with E-state index in [0.29, 0.717) is 4.47 Å². The van der Waals surface area contributed by atoms with Crippen LogP contribution in [-0.4, -0.2) is 15.2 Å². The van der Waals surface area contributed by atoms with Crippen LogP contribution in [0.2, 0.25) is 4.47 Å². The van der Waals surface area contributed by atoms with Crippen molar-refractivity contribution >= 4 is 45.5 Å². The van der Waals surface area contributed by atoms with E-state index in [0.717, 1.165) is 14.3 Å². The fourth-order valence-corrected chi connectivity index (χ4v) is 1.94. The van der Waals surface area contributed by atoms with Crippen molar-refractivity contribution in [3.63, 3.8) is 0 Å². The zero-order valence-electron chi connectivity index (χ0n) is 6.24. The first-order valence-corrected chi connectivity index (χ1v) is 5.64. The Morgan fingerprint density at radius 3 is 2.69 bits per heavy atom. The maximum absolute atomic E-state index is 5.66. The summed E-state index contributed by atoms with van der Waals surface area (Å²) in [6, 6.07) is 3.87. The molecule has 0 aliphatic rings. The molecule has 0 amide bonds. The van der Waals surface area contributed by atoms with Crippen molar-refractivity contribution in [3.05, 3.63) is 26.4 Å². The van der Waals surface area contributed by atoms with Gasteiger partial charge in [-0.25, -0.2) is 0 Å². The van der Waals surface area contributed by atoms with Crippen molar-refractivity contribution in [1.29, 1.82) is 0 Å². The summed E-state index contributed by atoms with van der Waals surface area (Å²) in [6.07, 6.45) is 1.78. The van der Waals surface area contributed by atoms with Gasteiger partial charge in [-0.15, -0.1) is 10.2 Å². The van der Waals surface area contributed by atoms with Crippen LogP contribution in [0.5, 0.6) is 0 Å². The van der Waals surface area contributed by atoms with Crippen molar-refractivity contribution in [2.45, 2.75) is 0 Å². The third kappa shape index (κ3) is 2.15. The molecule has 0 aliphatic carbocycles. The predicted molar refractivity (Wildman–Crippen MR) is 60.9 cm³/mol. The SMILES string of the molecule is Clc1nnc(-c2ccc(I)cn2)s1. The summed E-state index contributed by atoms with van der Waals surface area (Å²) >= 11 is 9.18. The van der Waals surface area contributed by atoms with Gasteiger partial charge in [0, 0.05) is 9.77 Å². The van der Waals surface area contributed by atoms with Gasteiger partial charge in [-0.1, -0.05) is 11.3 Å². The van der Waals surface area contributed by atoms with Gasteiger partial charge in [0.1, 0.15) is 5.69 Å². The lowest BCUT2D eigenvalue weighted by molar-refractivity contribution is 1.09. The monoisotopic (exact) mass is 323 g/mol. The molecule has 2 aromatic rings. The van der Waals surface area contributed by atoms with Crippen LogP contribution in [0.3, 0.4) is 0 Å². The Morgan fingerprint density at radius 1 is 1.31 bits per heavy atom. The molecular weight excluding hydrogens is 321 g/mol. The molecule has 0 N–H and O–H groups in total. The molecule has 0 radical (unpaired) electrons. The van der Waals surface area contributed by atoms with E-state index in [9.17, 15) is 0 Å². The molecule has 0 saturated carbocycles. The zero-order chi connectivity index (χ0) is 9.26. The fourth-order valence-electron chi connectivity index (χ4n) is 0.811. The Balaban J connectivity index is 2.41. The second-order valence-corrected chi connectivity index (χ2v) is 5.03. The summed E-state index contributed by atoms with van der Waals surface area (Å²) in [5, 5.41) is 8.35. The molecule has 0 aromatic carbocycles. The zero-order valence-corrected chi connectivity index (χ0v) is 9.97. The van der Waals surface area contributed by atoms with Gasteiger partial charge < -0.3 is 0 Å². The van der Waals surface area contributed by atoms with Gasteiger partial charge in [0.2, 0.25) is 4.47 Å². The molecule has 3 nitrogen and oxygen atoms in total. The van der Waals surface area contributed by atoms with Crippen LogP contribution in [0, 0.1) is 3.57 Å². The molecule has 2 aromatic heterocycles. The van der Waals surface area contributed by atoms with Gasteiger partial charge in [0.05, 0.1) is 0 Å². The summed E-state index contributed by atoms with van der Waals surface area (Å²) in [5.74, 6) is 0. The Kier molecular flexibility index (Phi) is 2.75. The van der Waals surface area contributed by atoms with E-state index in [-0.39, 0.29) is 0 Å². The van der Waals surface area contributed by atoms with E-state index >= 15 is 0 Å². The Hall–Kier alpha value is -0.270. The van der Waals surface area contributed by atoms with Crippen LogP contribution in [0.1, 0.15) is 0 Å². The number of hydrogen-bond acceptors (Lipinski definition) is 4. The van der Waals surface area contributed by atoms with Crippen LogP contribution >= 0.6 is 45.5 Å². The highest BCUT2D eigenvalue weighted by molar-refractivity contribution is 14.1. The van der Waals surface area contributed by atoms with Crippen LogP contribution < -0.4 is 0 Å². The van der Waals surface area contributed by atoms with Gasteiger partial charge in [0.15, 0.2) is 5.01 Å². The molecule has 0 atom stereocenters. The maximum Gasteiger partial charge on any atom is 0.207 e. The molecule has 0 saturated heterocycles. The minimum absolute atomic E-state index is 0.440. The minimum atomic E-state index is 0.440. The van der Waals surface area contributed by atoms with E-state index in [1.54, 1.807) is 6.20 Å². The van der Waals surface area contributed by atoms with Crippen molar-refractivity contribution in [3.8, 4) is 10.7 Å². The molecule has 13 heavy (non-hydrogen) atoms. The average molecular weight is 324 g/mol. The highest BCUT2D eigenvalue weighted by Crippen LogP contribution is 2.24. The molecule has 6 heteroatoms. The summed E-state index contributed by atoms with van der Waals surface area (Å²) in [7, 11) is 0. The van der Waals surface area contributed by atoms with Crippen LogP contribution in [-0.2, 0) is 0 Å². The van der Waals surface area contributed by atoms with E-state index in [1.807, 2.05) is 12.1 Å². The molecule has 66 valence electrons. The number of halogens is 2. The summed E-state index contributed by atoms with van der Waals surface area (Å²) < 4.78 is 1.53. The minimum Gasteiger partial charge on any atom is -0.253 e. The average Bonchev–Trinajstić information content (AvgIpc) is 2.53. The summed E-state index contributed by atoms with van der Waals surface area (Å²) in [4.78, 5) is 4.20. The van der Waals surface area contributed by atoms with Gasteiger partial charge >= 0.3 is 0 Å². The number of rotatable bonds is 1. The predicted octanol–water partition coefficient (Wildman–Crippen LogP) is 2.86. The van der Waals surface area contributed by atoms with Gasteiger partial charge in [-0.3, -0.25) is 4.98 Å². The standard InChI is InChI=1S/C7H3ClIN3S/c8-7-12-11-6(13-7)5-2-1-4(9)3-10-5/h1-3H. The lowest BCUT2D eigenvalue weighted by Gasteiger charge is -1.92. The Morgan fingerprint density at radius 2 is 2.15 bits per heavy atom. The largest absolute Gasteiger partial charge is 0.253 e. The van der Waals surface area contributed by atoms with Crippen LogP contribution in [0.25, 0.3) is 10.7 Å². The Labute approximate surface area is 97.3 Å². The van der Waals surface area contributed by atoms with Crippen molar-refractivity contribution in [1.82, 2.24) is 15.2 Å². The fraction of sp³-hybridized carbons (Fsp3) is 0. The topological polar surface area (TPSA) is 38.7 Å². The lowest BCUT2D eigenvalue weighted by atomic mass is 10.4. The van der Waals surface area contributed by atoms with Crippen LogP contribution in [0.15, 0.2) is 18.3 Å². The molecule has 0 spiro atoms. The van der Waals surface area contributed by atoms with Gasteiger partial charge in [0.25, 0.3) is 0 Å². The highest BCUT2D eigenvalue weighted by atomic mass is 127. The molecular formula is C7H3ClIN3S. The van der Waals surface area contributed by atoms with Crippen molar-refractivity contribution in [2.24, 2.45) is 0 Å². The highest BCUT2D eigenvalue weighted by Gasteiger charge is 2.05. The normalized spacial score (nSPS) is 10.3. The molecule has 0 bridgehead atoms. The van der Waals surface area contributed by atoms with Crippen LogP contribution in [0.4, 0.5) is 0 Å². The third-order valence-corrected chi connectivity index (χ3v) is 3.03. The van der Waals surface area contributed by atoms with E-state index < -0.39 is 0 Å². The number of hydrogen-bond donors (Lipinski definition) is 0. The first kappa shape index (κ1) is 9.29. The summed E-state index contributed by atoms with van der Waals surface area (Å²) in [6.45, 7) is 0. The maximum atomic E-state index is 5.66. The van der Waals surface area contributed by atoms with Gasteiger partial charge in [-0.2, -0.15) is 0 Å². The number of nitrogens with zero attached hydrogens (tertiary/aromatic N) is 3. The third-order valence-electron chi connectivity index (χ3n) is 1.35. The van der Waals surface area contributed by atoms with Crippen molar-refractivity contribution < 1.29 is 0 Å².